The van der Waals surface area contributed by atoms with Gasteiger partial charge in [-0.15, -0.1) is 0 Å². The minimum absolute atomic E-state index is 0.371. The summed E-state index contributed by atoms with van der Waals surface area (Å²) in [5.74, 6) is 0. The van der Waals surface area contributed by atoms with E-state index in [1.54, 1.807) is 12.1 Å². The third kappa shape index (κ3) is 1.87. The van der Waals surface area contributed by atoms with Gasteiger partial charge in [-0.2, -0.15) is 4.98 Å². The first-order chi connectivity index (χ1) is 8.74. The summed E-state index contributed by atoms with van der Waals surface area (Å²) in [6.07, 6.45) is 0. The standard InChI is InChI=1S/C13H10ClN3O/c14-8-4-1-2-6-10(8)16-13-17-12-9(15)5-3-7-11(12)18-13/h1-7H,15H2,(H,16,17). The van der Waals surface area contributed by atoms with Crippen molar-refractivity contribution in [3.63, 3.8) is 0 Å². The first-order valence-electron chi connectivity index (χ1n) is 5.40. The zero-order chi connectivity index (χ0) is 12.5. The van der Waals surface area contributed by atoms with Gasteiger partial charge in [0.05, 0.1) is 16.4 Å². The topological polar surface area (TPSA) is 64.1 Å². The maximum atomic E-state index is 6.05. The Balaban J connectivity index is 2.01. The molecular weight excluding hydrogens is 250 g/mol. The van der Waals surface area contributed by atoms with Gasteiger partial charge in [-0.25, -0.2) is 0 Å². The molecule has 0 fully saturated rings. The SMILES string of the molecule is Nc1cccc2oc(Nc3ccccc3Cl)nc12. The molecule has 2 aromatic carbocycles. The third-order valence-electron chi connectivity index (χ3n) is 2.57. The molecule has 0 radical (unpaired) electrons. The molecule has 0 aliphatic heterocycles. The Morgan fingerprint density at radius 2 is 1.94 bits per heavy atom. The maximum Gasteiger partial charge on any atom is 0.300 e. The van der Waals surface area contributed by atoms with Crippen LogP contribution < -0.4 is 11.1 Å². The van der Waals surface area contributed by atoms with Gasteiger partial charge in [0.1, 0.15) is 5.52 Å². The van der Waals surface area contributed by atoms with Gasteiger partial charge >= 0.3 is 0 Å². The van der Waals surface area contributed by atoms with Crippen LogP contribution in [0.2, 0.25) is 5.02 Å². The van der Waals surface area contributed by atoms with E-state index in [0.29, 0.717) is 27.8 Å². The summed E-state index contributed by atoms with van der Waals surface area (Å²) < 4.78 is 5.55. The van der Waals surface area contributed by atoms with Gasteiger partial charge in [-0.05, 0) is 24.3 Å². The lowest BCUT2D eigenvalue weighted by Crippen LogP contribution is -1.91. The number of para-hydroxylation sites is 2. The molecule has 0 unspecified atom stereocenters. The molecule has 0 atom stereocenters. The first-order valence-corrected chi connectivity index (χ1v) is 5.78. The maximum absolute atomic E-state index is 6.05. The molecule has 1 aromatic heterocycles. The molecule has 0 amide bonds. The number of nitrogens with two attached hydrogens (primary N) is 1. The second-order valence-corrected chi connectivity index (χ2v) is 4.23. The largest absolute Gasteiger partial charge is 0.423 e. The fourth-order valence-electron chi connectivity index (χ4n) is 1.70. The number of nitrogens with zero attached hydrogens (tertiary/aromatic N) is 1. The van der Waals surface area contributed by atoms with Crippen LogP contribution in [-0.4, -0.2) is 4.98 Å². The van der Waals surface area contributed by atoms with Crippen molar-refractivity contribution in [2.75, 3.05) is 11.1 Å². The smallest absolute Gasteiger partial charge is 0.300 e. The van der Waals surface area contributed by atoms with E-state index < -0.39 is 0 Å². The van der Waals surface area contributed by atoms with E-state index >= 15 is 0 Å². The normalized spacial score (nSPS) is 10.7. The first kappa shape index (κ1) is 10.9. The number of oxazole rings is 1. The molecule has 4 nitrogen and oxygen atoms in total. The molecule has 5 heteroatoms. The average Bonchev–Trinajstić information content (AvgIpc) is 2.76. The van der Waals surface area contributed by atoms with Crippen molar-refractivity contribution >= 4 is 40.1 Å². The molecule has 1 heterocycles. The molecule has 18 heavy (non-hydrogen) atoms. The van der Waals surface area contributed by atoms with E-state index in [9.17, 15) is 0 Å². The molecule has 0 saturated carbocycles. The summed E-state index contributed by atoms with van der Waals surface area (Å²) in [6, 6.07) is 13.2. The molecule has 0 aliphatic rings. The van der Waals surface area contributed by atoms with Gasteiger partial charge in [-0.1, -0.05) is 29.8 Å². The molecule has 0 spiro atoms. The molecular formula is C13H10ClN3O. The molecule has 90 valence electrons. The summed E-state index contributed by atoms with van der Waals surface area (Å²) in [7, 11) is 0. The predicted molar refractivity (Wildman–Crippen MR) is 73.2 cm³/mol. The highest BCUT2D eigenvalue weighted by Gasteiger charge is 2.09. The van der Waals surface area contributed by atoms with Crippen LogP contribution in [0.5, 0.6) is 0 Å². The number of hydrogen-bond acceptors (Lipinski definition) is 4. The van der Waals surface area contributed by atoms with Gasteiger partial charge in [-0.3, -0.25) is 0 Å². The van der Waals surface area contributed by atoms with Crippen LogP contribution in [0, 0.1) is 0 Å². The second-order valence-electron chi connectivity index (χ2n) is 3.82. The van der Waals surface area contributed by atoms with Crippen molar-refractivity contribution < 1.29 is 4.42 Å². The Hall–Kier alpha value is -2.20. The number of hydrogen-bond donors (Lipinski definition) is 2. The highest BCUT2D eigenvalue weighted by Crippen LogP contribution is 2.28. The van der Waals surface area contributed by atoms with Crippen LogP contribution in [0.3, 0.4) is 0 Å². The summed E-state index contributed by atoms with van der Waals surface area (Å²) in [6.45, 7) is 0. The van der Waals surface area contributed by atoms with Crippen molar-refractivity contribution in [2.45, 2.75) is 0 Å². The van der Waals surface area contributed by atoms with Crippen LogP contribution in [-0.2, 0) is 0 Å². The molecule has 3 N–H and O–H groups in total. The van der Waals surface area contributed by atoms with Gasteiger partial charge < -0.3 is 15.5 Å². The van der Waals surface area contributed by atoms with Crippen molar-refractivity contribution in [1.82, 2.24) is 4.98 Å². The summed E-state index contributed by atoms with van der Waals surface area (Å²) in [5, 5.41) is 3.63. The Labute approximate surface area is 108 Å². The van der Waals surface area contributed by atoms with Gasteiger partial charge in [0, 0.05) is 0 Å². The fraction of sp³-hybridized carbons (Fsp3) is 0. The Morgan fingerprint density at radius 3 is 2.72 bits per heavy atom. The minimum Gasteiger partial charge on any atom is -0.423 e. The number of nitrogen functional groups attached to an aromatic ring is 1. The monoisotopic (exact) mass is 259 g/mol. The van der Waals surface area contributed by atoms with E-state index in [0.717, 1.165) is 5.69 Å². The molecule has 0 saturated heterocycles. The Kier molecular flexibility index (Phi) is 2.57. The Bertz CT molecular complexity index is 708. The number of nitrogens with one attached hydrogen (secondary N) is 1. The van der Waals surface area contributed by atoms with E-state index in [-0.39, 0.29) is 0 Å². The third-order valence-corrected chi connectivity index (χ3v) is 2.90. The highest BCUT2D eigenvalue weighted by atomic mass is 35.5. The van der Waals surface area contributed by atoms with Crippen molar-refractivity contribution in [2.24, 2.45) is 0 Å². The summed E-state index contributed by atoms with van der Waals surface area (Å²) in [5.41, 5.74) is 8.43. The zero-order valence-electron chi connectivity index (χ0n) is 9.35. The molecule has 3 rings (SSSR count). The Morgan fingerprint density at radius 1 is 1.11 bits per heavy atom. The van der Waals surface area contributed by atoms with Crippen LogP contribution in [0.25, 0.3) is 11.1 Å². The van der Waals surface area contributed by atoms with Crippen molar-refractivity contribution in [1.29, 1.82) is 0 Å². The van der Waals surface area contributed by atoms with E-state index in [1.165, 1.54) is 0 Å². The average molecular weight is 260 g/mol. The number of rotatable bonds is 2. The van der Waals surface area contributed by atoms with Gasteiger partial charge in [0.2, 0.25) is 0 Å². The quantitative estimate of drug-likeness (QED) is 0.687. The highest BCUT2D eigenvalue weighted by molar-refractivity contribution is 6.33. The minimum atomic E-state index is 0.371. The number of aromatic nitrogens is 1. The predicted octanol–water partition coefficient (Wildman–Crippen LogP) is 3.81. The van der Waals surface area contributed by atoms with Gasteiger partial charge in [0.15, 0.2) is 5.58 Å². The van der Waals surface area contributed by atoms with Crippen LogP contribution in [0.1, 0.15) is 0 Å². The number of benzene rings is 2. The molecule has 0 aliphatic carbocycles. The number of anilines is 3. The lowest BCUT2D eigenvalue weighted by molar-refractivity contribution is 0.623. The van der Waals surface area contributed by atoms with E-state index in [2.05, 4.69) is 10.3 Å². The van der Waals surface area contributed by atoms with Crippen LogP contribution in [0.4, 0.5) is 17.4 Å². The van der Waals surface area contributed by atoms with Crippen molar-refractivity contribution in [3.05, 3.63) is 47.5 Å². The summed E-state index contributed by atoms with van der Waals surface area (Å²) >= 11 is 6.05. The van der Waals surface area contributed by atoms with Gasteiger partial charge in [0.25, 0.3) is 6.01 Å². The van der Waals surface area contributed by atoms with E-state index in [1.807, 2.05) is 30.3 Å². The lowest BCUT2D eigenvalue weighted by atomic mass is 10.3. The molecule has 0 bridgehead atoms. The van der Waals surface area contributed by atoms with Crippen molar-refractivity contribution in [3.8, 4) is 0 Å². The number of fused-ring (bicyclic) bond motifs is 1. The number of halogens is 1. The summed E-state index contributed by atoms with van der Waals surface area (Å²) in [4.78, 5) is 4.29. The zero-order valence-corrected chi connectivity index (χ0v) is 10.1. The second kappa shape index (κ2) is 4.23. The fourth-order valence-corrected chi connectivity index (χ4v) is 1.88. The lowest BCUT2D eigenvalue weighted by Gasteiger charge is -2.02. The van der Waals surface area contributed by atoms with Crippen LogP contribution >= 0.6 is 11.6 Å². The molecule has 3 aromatic rings. The van der Waals surface area contributed by atoms with Crippen LogP contribution in [0.15, 0.2) is 46.9 Å². The van der Waals surface area contributed by atoms with E-state index in [4.69, 9.17) is 21.8 Å².